The van der Waals surface area contributed by atoms with Crippen LogP contribution < -0.4 is 20.3 Å². The molecule has 1 aliphatic rings. The van der Waals surface area contributed by atoms with Gasteiger partial charge in [-0.25, -0.2) is 9.18 Å². The molecule has 27 heavy (non-hydrogen) atoms. The summed E-state index contributed by atoms with van der Waals surface area (Å²) in [5.41, 5.74) is 1.16. The van der Waals surface area contributed by atoms with Crippen molar-refractivity contribution in [3.05, 3.63) is 54.3 Å². The molecule has 3 rings (SSSR count). The largest absolute Gasteiger partial charge is 0.491 e. The Morgan fingerprint density at radius 1 is 1.19 bits per heavy atom. The quantitative estimate of drug-likeness (QED) is 0.864. The number of carbonyl (C=O) groups is 2. The van der Waals surface area contributed by atoms with Crippen molar-refractivity contribution < 1.29 is 18.7 Å². The Bertz CT molecular complexity index is 810. The normalized spacial score (nSPS) is 14.4. The molecule has 2 aromatic rings. The SMILES string of the molecule is CCC(NC(=O)N1CCCOc2ccccc21)C(=O)Nc1ccc(F)cc1. The molecule has 1 atom stereocenters. The van der Waals surface area contributed by atoms with Crippen LogP contribution in [0.25, 0.3) is 0 Å². The zero-order chi connectivity index (χ0) is 19.2. The van der Waals surface area contributed by atoms with E-state index in [0.29, 0.717) is 43.1 Å². The number of amides is 3. The fraction of sp³-hybridized carbons (Fsp3) is 0.300. The van der Waals surface area contributed by atoms with Crippen LogP contribution in [0.15, 0.2) is 48.5 Å². The Labute approximate surface area is 157 Å². The molecule has 0 bridgehead atoms. The molecule has 7 heteroatoms. The molecule has 0 fully saturated rings. The lowest BCUT2D eigenvalue weighted by molar-refractivity contribution is -0.118. The van der Waals surface area contributed by atoms with E-state index in [-0.39, 0.29) is 17.8 Å². The van der Waals surface area contributed by atoms with E-state index in [4.69, 9.17) is 4.74 Å². The molecule has 0 saturated heterocycles. The predicted octanol–water partition coefficient (Wildman–Crippen LogP) is 3.54. The third-order valence-corrected chi connectivity index (χ3v) is 4.32. The lowest BCUT2D eigenvalue weighted by atomic mass is 10.2. The molecule has 2 aromatic carbocycles. The van der Waals surface area contributed by atoms with Gasteiger partial charge in [-0.2, -0.15) is 0 Å². The van der Waals surface area contributed by atoms with Crippen molar-refractivity contribution in [2.45, 2.75) is 25.8 Å². The smallest absolute Gasteiger partial charge is 0.322 e. The first kappa shape index (κ1) is 18.7. The minimum atomic E-state index is -0.709. The number of fused-ring (bicyclic) bond motifs is 1. The highest BCUT2D eigenvalue weighted by atomic mass is 19.1. The van der Waals surface area contributed by atoms with Crippen LogP contribution in [0.5, 0.6) is 5.75 Å². The van der Waals surface area contributed by atoms with E-state index < -0.39 is 6.04 Å². The maximum Gasteiger partial charge on any atom is 0.322 e. The monoisotopic (exact) mass is 371 g/mol. The molecule has 0 aromatic heterocycles. The topological polar surface area (TPSA) is 70.7 Å². The Kier molecular flexibility index (Phi) is 5.90. The Hall–Kier alpha value is -3.09. The van der Waals surface area contributed by atoms with Gasteiger partial charge in [0.1, 0.15) is 17.6 Å². The molecule has 1 aliphatic heterocycles. The van der Waals surface area contributed by atoms with Gasteiger partial charge in [0.25, 0.3) is 0 Å². The highest BCUT2D eigenvalue weighted by Gasteiger charge is 2.26. The summed E-state index contributed by atoms with van der Waals surface area (Å²) in [5.74, 6) is -0.0823. The summed E-state index contributed by atoms with van der Waals surface area (Å²) in [7, 11) is 0. The fourth-order valence-electron chi connectivity index (χ4n) is 2.88. The van der Waals surface area contributed by atoms with E-state index >= 15 is 0 Å². The van der Waals surface area contributed by atoms with E-state index in [9.17, 15) is 14.0 Å². The lowest BCUT2D eigenvalue weighted by Gasteiger charge is -2.25. The second-order valence-corrected chi connectivity index (χ2v) is 6.23. The number of carbonyl (C=O) groups excluding carboxylic acids is 2. The van der Waals surface area contributed by atoms with Crippen molar-refractivity contribution in [2.24, 2.45) is 0 Å². The highest BCUT2D eigenvalue weighted by molar-refractivity contribution is 6.00. The van der Waals surface area contributed by atoms with Crippen molar-refractivity contribution in [3.63, 3.8) is 0 Å². The first-order valence-corrected chi connectivity index (χ1v) is 8.94. The van der Waals surface area contributed by atoms with Crippen LogP contribution >= 0.6 is 0 Å². The fourth-order valence-corrected chi connectivity index (χ4v) is 2.88. The zero-order valence-electron chi connectivity index (χ0n) is 15.1. The van der Waals surface area contributed by atoms with Gasteiger partial charge in [0.05, 0.1) is 12.3 Å². The second kappa shape index (κ2) is 8.53. The van der Waals surface area contributed by atoms with Gasteiger partial charge in [-0.3, -0.25) is 9.69 Å². The van der Waals surface area contributed by atoms with Crippen molar-refractivity contribution in [1.82, 2.24) is 5.32 Å². The summed E-state index contributed by atoms with van der Waals surface area (Å²) >= 11 is 0. The maximum absolute atomic E-state index is 13.0. The number of rotatable bonds is 4. The number of halogens is 1. The number of benzene rings is 2. The summed E-state index contributed by atoms with van der Waals surface area (Å²) in [6.07, 6.45) is 1.12. The van der Waals surface area contributed by atoms with Crippen molar-refractivity contribution in [1.29, 1.82) is 0 Å². The van der Waals surface area contributed by atoms with Gasteiger partial charge >= 0.3 is 6.03 Å². The number of hydrogen-bond donors (Lipinski definition) is 2. The van der Waals surface area contributed by atoms with Crippen LogP contribution in [0.3, 0.4) is 0 Å². The van der Waals surface area contributed by atoms with E-state index in [1.807, 2.05) is 31.2 Å². The summed E-state index contributed by atoms with van der Waals surface area (Å²) in [5, 5.41) is 5.48. The van der Waals surface area contributed by atoms with Crippen molar-refractivity contribution >= 4 is 23.3 Å². The molecule has 142 valence electrons. The van der Waals surface area contributed by atoms with Crippen LogP contribution in [-0.2, 0) is 4.79 Å². The number of urea groups is 1. The van der Waals surface area contributed by atoms with Crippen LogP contribution in [0, 0.1) is 5.82 Å². The van der Waals surface area contributed by atoms with Crippen LogP contribution in [0.1, 0.15) is 19.8 Å². The molecule has 0 aliphatic carbocycles. The standard InChI is InChI=1S/C20H22FN3O3/c1-2-16(19(25)22-15-10-8-14(21)9-11-15)23-20(26)24-12-5-13-27-18-7-4-3-6-17(18)24/h3-4,6-11,16H,2,5,12-13H2,1H3,(H,22,25)(H,23,26). The van der Waals surface area contributed by atoms with Gasteiger partial charge in [-0.15, -0.1) is 0 Å². The van der Waals surface area contributed by atoms with Gasteiger partial charge < -0.3 is 15.4 Å². The third kappa shape index (κ3) is 4.55. The predicted molar refractivity (Wildman–Crippen MR) is 102 cm³/mol. The van der Waals surface area contributed by atoms with Crippen LogP contribution in [-0.4, -0.2) is 31.1 Å². The molecule has 0 spiro atoms. The molecule has 1 heterocycles. The van der Waals surface area contributed by atoms with E-state index in [1.54, 1.807) is 4.90 Å². The number of nitrogens with zero attached hydrogens (tertiary/aromatic N) is 1. The Morgan fingerprint density at radius 2 is 1.93 bits per heavy atom. The average Bonchev–Trinajstić information content (AvgIpc) is 2.90. The average molecular weight is 371 g/mol. The number of nitrogens with one attached hydrogen (secondary N) is 2. The Morgan fingerprint density at radius 3 is 2.67 bits per heavy atom. The van der Waals surface area contributed by atoms with E-state index in [0.717, 1.165) is 0 Å². The summed E-state index contributed by atoms with van der Waals surface area (Å²) in [4.78, 5) is 26.9. The maximum atomic E-state index is 13.0. The summed E-state index contributed by atoms with van der Waals surface area (Å²) < 4.78 is 18.7. The zero-order valence-corrected chi connectivity index (χ0v) is 15.1. The molecule has 0 radical (unpaired) electrons. The highest BCUT2D eigenvalue weighted by Crippen LogP contribution is 2.30. The van der Waals surface area contributed by atoms with Gasteiger partial charge in [0.15, 0.2) is 0 Å². The first-order valence-electron chi connectivity index (χ1n) is 8.94. The summed E-state index contributed by atoms with van der Waals surface area (Å²) in [6.45, 7) is 2.84. The van der Waals surface area contributed by atoms with Crippen molar-refractivity contribution in [2.75, 3.05) is 23.4 Å². The van der Waals surface area contributed by atoms with Gasteiger partial charge in [0.2, 0.25) is 5.91 Å². The number of hydrogen-bond acceptors (Lipinski definition) is 3. The molecule has 3 amide bonds. The molecule has 1 unspecified atom stereocenters. The minimum absolute atomic E-state index is 0.350. The lowest BCUT2D eigenvalue weighted by Crippen LogP contribution is -2.49. The van der Waals surface area contributed by atoms with Crippen LogP contribution in [0.2, 0.25) is 0 Å². The molecule has 0 saturated carbocycles. The number of para-hydroxylation sites is 2. The number of ether oxygens (including phenoxy) is 1. The van der Waals surface area contributed by atoms with Gasteiger partial charge in [-0.05, 0) is 49.2 Å². The molecule has 6 nitrogen and oxygen atoms in total. The third-order valence-electron chi connectivity index (χ3n) is 4.32. The van der Waals surface area contributed by atoms with E-state index in [1.165, 1.54) is 24.3 Å². The first-order chi connectivity index (χ1) is 13.1. The minimum Gasteiger partial charge on any atom is -0.491 e. The van der Waals surface area contributed by atoms with Crippen LogP contribution in [0.4, 0.5) is 20.6 Å². The van der Waals surface area contributed by atoms with Gasteiger partial charge in [0, 0.05) is 12.2 Å². The molecular weight excluding hydrogens is 349 g/mol. The van der Waals surface area contributed by atoms with Gasteiger partial charge in [-0.1, -0.05) is 19.1 Å². The summed E-state index contributed by atoms with van der Waals surface area (Å²) in [6, 6.07) is 11.8. The van der Waals surface area contributed by atoms with Crippen molar-refractivity contribution in [3.8, 4) is 5.75 Å². The van der Waals surface area contributed by atoms with E-state index in [2.05, 4.69) is 10.6 Å². The Balaban J connectivity index is 1.69. The molecular formula is C20H22FN3O3. The number of anilines is 2. The second-order valence-electron chi connectivity index (χ2n) is 6.23. The molecule has 2 N–H and O–H groups in total.